The summed E-state index contributed by atoms with van der Waals surface area (Å²) in [5.41, 5.74) is 10.7. The molecular weight excluding hydrogens is 114 g/mol. The van der Waals surface area contributed by atoms with Crippen molar-refractivity contribution in [3.8, 4) is 0 Å². The Hall–Kier alpha value is -1.49. The molecule has 0 aromatic rings. The third-order valence-corrected chi connectivity index (χ3v) is 0.942. The predicted octanol–water partition coefficient (Wildman–Crippen LogP) is 0.278. The zero-order valence-electron chi connectivity index (χ0n) is 4.72. The number of allylic oxidation sites excluding steroid dienone is 2. The van der Waals surface area contributed by atoms with Crippen molar-refractivity contribution >= 4 is 5.91 Å². The van der Waals surface area contributed by atoms with E-state index >= 15 is 0 Å². The van der Waals surface area contributed by atoms with Crippen LogP contribution in [0.3, 0.4) is 0 Å². The molecule has 0 radical (unpaired) electrons. The van der Waals surface area contributed by atoms with E-state index in [4.69, 9.17) is 5.73 Å². The van der Waals surface area contributed by atoms with Crippen LogP contribution >= 0.6 is 0 Å². The summed E-state index contributed by atoms with van der Waals surface area (Å²) in [4.78, 5) is 10.4. The second-order valence-electron chi connectivity index (χ2n) is 1.59. The second kappa shape index (κ2) is 2.19. The molecule has 0 aromatic heterocycles. The quantitative estimate of drug-likeness (QED) is 0.495. The molecule has 0 bridgehead atoms. The van der Waals surface area contributed by atoms with Gasteiger partial charge in [-0.2, -0.15) is 0 Å². The predicted molar refractivity (Wildman–Crippen MR) is 33.4 cm³/mol. The number of hydrogen-bond acceptors (Lipinski definition) is 1. The molecule has 1 amide bonds. The summed E-state index contributed by atoms with van der Waals surface area (Å²) in [6, 6.07) is 0. The Kier molecular flexibility index (Phi) is 1.37. The summed E-state index contributed by atoms with van der Waals surface area (Å²) in [6.07, 6.45) is 4.70. The molecule has 9 heavy (non-hydrogen) atoms. The summed E-state index contributed by atoms with van der Waals surface area (Å²) in [7, 11) is 0. The van der Waals surface area contributed by atoms with Crippen LogP contribution < -0.4 is 5.73 Å². The molecule has 2 nitrogen and oxygen atoms in total. The van der Waals surface area contributed by atoms with Crippen LogP contribution in [-0.2, 0) is 4.79 Å². The van der Waals surface area contributed by atoms with E-state index in [1.807, 2.05) is 0 Å². The van der Waals surface area contributed by atoms with E-state index in [9.17, 15) is 4.79 Å². The van der Waals surface area contributed by atoms with Gasteiger partial charge in [-0.3, -0.25) is 4.79 Å². The van der Waals surface area contributed by atoms with E-state index in [-0.39, 0.29) is 0 Å². The van der Waals surface area contributed by atoms with Crippen LogP contribution in [0.5, 0.6) is 0 Å². The minimum absolute atomic E-state index is 0.430. The van der Waals surface area contributed by atoms with Crippen molar-refractivity contribution < 1.29 is 4.79 Å². The fourth-order valence-electron chi connectivity index (χ4n) is 0.500. The van der Waals surface area contributed by atoms with Crippen LogP contribution in [-0.4, -0.2) is 5.91 Å². The molecule has 2 heteroatoms. The molecule has 0 unspecified atom stereocenters. The lowest BCUT2D eigenvalue weighted by Crippen LogP contribution is -2.12. The first-order valence-corrected chi connectivity index (χ1v) is 2.48. The minimum atomic E-state index is -0.430. The molecule has 0 atom stereocenters. The molecule has 1 aliphatic rings. The smallest absolute Gasteiger partial charge is 0.249 e. The first-order chi connectivity index (χ1) is 4.30. The zero-order chi connectivity index (χ0) is 6.69. The van der Waals surface area contributed by atoms with Gasteiger partial charge >= 0.3 is 0 Å². The van der Waals surface area contributed by atoms with Gasteiger partial charge in [0.05, 0.1) is 0 Å². The Morgan fingerprint density at radius 2 is 2.33 bits per heavy atom. The van der Waals surface area contributed by atoms with E-state index in [1.54, 1.807) is 12.2 Å². The molecule has 2 N–H and O–H groups in total. The molecule has 1 aliphatic carbocycles. The number of rotatable bonds is 1. The Morgan fingerprint density at radius 3 is 2.67 bits per heavy atom. The van der Waals surface area contributed by atoms with Gasteiger partial charge in [0.2, 0.25) is 5.91 Å². The number of carbonyl (C=O) groups excluding carboxylic acids is 1. The summed E-state index contributed by atoms with van der Waals surface area (Å²) in [6.45, 7) is 0. The number of primary amides is 1. The van der Waals surface area contributed by atoms with Gasteiger partial charge in [0.15, 0.2) is 0 Å². The van der Waals surface area contributed by atoms with E-state index in [1.165, 1.54) is 6.08 Å². The van der Waals surface area contributed by atoms with Gasteiger partial charge in [-0.1, -0.05) is 11.5 Å². The van der Waals surface area contributed by atoms with Crippen molar-refractivity contribution in [1.29, 1.82) is 0 Å². The van der Waals surface area contributed by atoms with Gasteiger partial charge in [0.1, 0.15) is 0 Å². The third kappa shape index (κ3) is 1.20. The monoisotopic (exact) mass is 119 g/mol. The summed E-state index contributed by atoms with van der Waals surface area (Å²) in [5, 5.41) is 0. The van der Waals surface area contributed by atoms with E-state index in [0.717, 1.165) is 0 Å². The average molecular weight is 119 g/mol. The normalized spacial score (nSPS) is 13.6. The fourth-order valence-corrected chi connectivity index (χ4v) is 0.500. The maximum Gasteiger partial charge on any atom is 0.249 e. The van der Waals surface area contributed by atoms with Crippen LogP contribution in [0.25, 0.3) is 0 Å². The molecule has 0 saturated heterocycles. The van der Waals surface area contributed by atoms with Crippen molar-refractivity contribution in [2.45, 2.75) is 0 Å². The van der Waals surface area contributed by atoms with Crippen LogP contribution in [0, 0.1) is 0 Å². The lowest BCUT2D eigenvalue weighted by molar-refractivity contribution is -0.114. The van der Waals surface area contributed by atoms with Crippen molar-refractivity contribution in [3.63, 3.8) is 0 Å². The van der Waals surface area contributed by atoms with Gasteiger partial charge in [0, 0.05) is 11.6 Å². The lowest BCUT2D eigenvalue weighted by atomic mass is 10.2. The number of amides is 1. The molecule has 0 saturated carbocycles. The first kappa shape index (κ1) is 5.64. The summed E-state index contributed by atoms with van der Waals surface area (Å²) in [5.74, 6) is -0.430. The highest BCUT2D eigenvalue weighted by molar-refractivity contribution is 5.95. The van der Waals surface area contributed by atoms with Gasteiger partial charge < -0.3 is 5.73 Å². The van der Waals surface area contributed by atoms with Crippen molar-refractivity contribution in [3.05, 3.63) is 35.3 Å². The van der Waals surface area contributed by atoms with Crippen LogP contribution in [0.4, 0.5) is 0 Å². The Labute approximate surface area is 52.7 Å². The first-order valence-electron chi connectivity index (χ1n) is 2.48. The topological polar surface area (TPSA) is 43.1 Å². The largest absolute Gasteiger partial charge is 0.366 e. The summed E-state index contributed by atoms with van der Waals surface area (Å²) < 4.78 is 0. The van der Waals surface area contributed by atoms with Gasteiger partial charge in [-0.15, -0.1) is 0 Å². The molecule has 1 rings (SSSR count). The van der Waals surface area contributed by atoms with Crippen molar-refractivity contribution in [1.82, 2.24) is 0 Å². The van der Waals surface area contributed by atoms with Crippen molar-refractivity contribution in [2.75, 3.05) is 0 Å². The third-order valence-electron chi connectivity index (χ3n) is 0.942. The Balaban J connectivity index is 2.93. The molecule has 0 spiro atoms. The molecule has 0 fully saturated rings. The van der Waals surface area contributed by atoms with Gasteiger partial charge in [-0.05, 0) is 12.2 Å². The number of carbonyl (C=O) groups is 1. The van der Waals surface area contributed by atoms with E-state index in [2.05, 4.69) is 11.5 Å². The summed E-state index contributed by atoms with van der Waals surface area (Å²) >= 11 is 0. The molecule has 0 aliphatic heterocycles. The minimum Gasteiger partial charge on any atom is -0.366 e. The highest BCUT2D eigenvalue weighted by Gasteiger charge is 1.97. The fraction of sp³-hybridized carbons (Fsp3) is 0. The van der Waals surface area contributed by atoms with Crippen molar-refractivity contribution in [2.24, 2.45) is 5.73 Å². The van der Waals surface area contributed by atoms with Gasteiger partial charge in [0.25, 0.3) is 0 Å². The Morgan fingerprint density at radius 1 is 1.56 bits per heavy atom. The molecular formula is C7H5NO. The van der Waals surface area contributed by atoms with Crippen LogP contribution in [0.1, 0.15) is 0 Å². The highest BCUT2D eigenvalue weighted by atomic mass is 16.1. The number of hydrogen-bond donors (Lipinski definition) is 1. The van der Waals surface area contributed by atoms with E-state index in [0.29, 0.717) is 5.57 Å². The molecule has 0 heterocycles. The zero-order valence-corrected chi connectivity index (χ0v) is 4.72. The average Bonchev–Trinajstić information content (AvgIpc) is 1.90. The van der Waals surface area contributed by atoms with E-state index < -0.39 is 5.91 Å². The standard InChI is InChI=1S/C7H5NO/c8-7(9)6-4-2-1-3-5-6/h2,4-5H,(H2,8,9). The molecule has 44 valence electrons. The lowest BCUT2D eigenvalue weighted by Gasteiger charge is -1.90. The maximum absolute atomic E-state index is 10.4. The van der Waals surface area contributed by atoms with Crippen LogP contribution in [0.2, 0.25) is 0 Å². The van der Waals surface area contributed by atoms with Gasteiger partial charge in [-0.25, -0.2) is 0 Å². The SMILES string of the molecule is NC(=O)C1=CC=C=C=C1. The highest BCUT2D eigenvalue weighted by Crippen LogP contribution is 1.96. The Bertz CT molecular complexity index is 261. The number of nitrogens with two attached hydrogens (primary N) is 1. The maximum atomic E-state index is 10.4. The molecule has 0 aromatic carbocycles. The van der Waals surface area contributed by atoms with Crippen LogP contribution in [0.15, 0.2) is 35.3 Å². The second-order valence-corrected chi connectivity index (χ2v) is 1.59.